The predicted octanol–water partition coefficient (Wildman–Crippen LogP) is 2.14. The van der Waals surface area contributed by atoms with Crippen LogP contribution >= 0.6 is 0 Å². The number of sulfonamides is 1. The Morgan fingerprint density at radius 2 is 1.73 bits per heavy atom. The maximum absolute atomic E-state index is 13.6. The van der Waals surface area contributed by atoms with Gasteiger partial charge in [-0.15, -0.1) is 0 Å². The molecule has 160 valence electrons. The highest BCUT2D eigenvalue weighted by Gasteiger charge is 2.27. The van der Waals surface area contributed by atoms with Crippen molar-refractivity contribution in [3.8, 4) is 0 Å². The molecule has 2 amide bonds. The van der Waals surface area contributed by atoms with Crippen molar-refractivity contribution in [2.45, 2.75) is 30.6 Å². The molecule has 0 unspecified atom stereocenters. The molecular weight excluding hydrogens is 416 g/mol. The van der Waals surface area contributed by atoms with E-state index in [1.54, 1.807) is 0 Å². The summed E-state index contributed by atoms with van der Waals surface area (Å²) in [4.78, 5) is 24.2. The lowest BCUT2D eigenvalue weighted by Crippen LogP contribution is -2.41. The molecule has 0 atom stereocenters. The molecule has 30 heavy (non-hydrogen) atoms. The SMILES string of the molecule is O=C(CCc1cc(F)ccc1F)NNC(=O)c1cccc(S(=O)(=O)N2CCCC2)c1. The van der Waals surface area contributed by atoms with Gasteiger partial charge in [0.1, 0.15) is 11.6 Å². The van der Waals surface area contributed by atoms with Crippen LogP contribution in [0, 0.1) is 11.6 Å². The van der Waals surface area contributed by atoms with Crippen LogP contribution in [0.15, 0.2) is 47.4 Å². The lowest BCUT2D eigenvalue weighted by Gasteiger charge is -2.16. The monoisotopic (exact) mass is 437 g/mol. The fraction of sp³-hybridized carbons (Fsp3) is 0.300. The van der Waals surface area contributed by atoms with E-state index in [9.17, 15) is 26.8 Å². The number of nitrogens with one attached hydrogen (secondary N) is 2. The van der Waals surface area contributed by atoms with Crippen LogP contribution in [0.3, 0.4) is 0 Å². The van der Waals surface area contributed by atoms with Crippen LogP contribution in [0.4, 0.5) is 8.78 Å². The average molecular weight is 437 g/mol. The molecule has 2 N–H and O–H groups in total. The second-order valence-corrected chi connectivity index (χ2v) is 8.81. The molecule has 0 radical (unpaired) electrons. The highest BCUT2D eigenvalue weighted by molar-refractivity contribution is 7.89. The van der Waals surface area contributed by atoms with E-state index in [0.717, 1.165) is 31.0 Å². The van der Waals surface area contributed by atoms with Gasteiger partial charge >= 0.3 is 0 Å². The van der Waals surface area contributed by atoms with Gasteiger partial charge < -0.3 is 0 Å². The van der Waals surface area contributed by atoms with E-state index < -0.39 is 33.5 Å². The highest BCUT2D eigenvalue weighted by Crippen LogP contribution is 2.21. The number of hydrogen-bond donors (Lipinski definition) is 2. The summed E-state index contributed by atoms with van der Waals surface area (Å²) in [6.07, 6.45) is 1.37. The normalized spacial score (nSPS) is 14.5. The number of halogens is 2. The van der Waals surface area contributed by atoms with Crippen molar-refractivity contribution < 1.29 is 26.8 Å². The summed E-state index contributed by atoms with van der Waals surface area (Å²) in [7, 11) is -3.67. The van der Waals surface area contributed by atoms with Crippen LogP contribution in [0.25, 0.3) is 0 Å². The van der Waals surface area contributed by atoms with Gasteiger partial charge in [-0.3, -0.25) is 20.4 Å². The van der Waals surface area contributed by atoms with E-state index in [0.29, 0.717) is 13.1 Å². The van der Waals surface area contributed by atoms with Gasteiger partial charge in [-0.1, -0.05) is 6.07 Å². The molecule has 2 aromatic carbocycles. The smallest absolute Gasteiger partial charge is 0.269 e. The second-order valence-electron chi connectivity index (χ2n) is 6.88. The third-order valence-electron chi connectivity index (χ3n) is 4.74. The summed E-state index contributed by atoms with van der Waals surface area (Å²) in [6, 6.07) is 8.51. The molecular formula is C20H21F2N3O4S. The zero-order valence-electron chi connectivity index (χ0n) is 16.0. The Labute approximate surface area is 173 Å². The van der Waals surface area contributed by atoms with Crippen molar-refractivity contribution in [1.82, 2.24) is 15.2 Å². The van der Waals surface area contributed by atoms with Crippen LogP contribution in [-0.2, 0) is 21.2 Å². The first kappa shape index (κ1) is 21.8. The molecule has 2 aromatic rings. The second kappa shape index (κ2) is 9.31. The molecule has 1 heterocycles. The van der Waals surface area contributed by atoms with Gasteiger partial charge in [0.2, 0.25) is 15.9 Å². The molecule has 1 saturated heterocycles. The van der Waals surface area contributed by atoms with Crippen LogP contribution in [-0.4, -0.2) is 37.6 Å². The van der Waals surface area contributed by atoms with Crippen LogP contribution < -0.4 is 10.9 Å². The van der Waals surface area contributed by atoms with Crippen LogP contribution in [0.1, 0.15) is 35.2 Å². The highest BCUT2D eigenvalue weighted by atomic mass is 32.2. The standard InChI is InChI=1S/C20H21F2N3O4S/c21-16-7-8-18(22)14(12-16)6-9-19(26)23-24-20(27)15-4-3-5-17(13-15)30(28,29)25-10-1-2-11-25/h3-5,7-8,12-13H,1-2,6,9-11H2,(H,23,26)(H,24,27). The Kier molecular flexibility index (Phi) is 6.78. The molecule has 7 nitrogen and oxygen atoms in total. The van der Waals surface area contributed by atoms with Gasteiger partial charge in [-0.25, -0.2) is 17.2 Å². The Bertz CT molecular complexity index is 1050. The zero-order chi connectivity index (χ0) is 21.7. The van der Waals surface area contributed by atoms with E-state index in [1.807, 2.05) is 0 Å². The van der Waals surface area contributed by atoms with E-state index in [2.05, 4.69) is 10.9 Å². The Morgan fingerprint density at radius 1 is 1.00 bits per heavy atom. The summed E-state index contributed by atoms with van der Waals surface area (Å²) in [6.45, 7) is 0.890. The molecule has 1 aliphatic heterocycles. The zero-order valence-corrected chi connectivity index (χ0v) is 16.8. The fourth-order valence-corrected chi connectivity index (χ4v) is 4.68. The quantitative estimate of drug-likeness (QED) is 0.677. The van der Waals surface area contributed by atoms with E-state index >= 15 is 0 Å². The molecule has 0 aromatic heterocycles. The number of carbonyl (C=O) groups excluding carboxylic acids is 2. The maximum Gasteiger partial charge on any atom is 0.269 e. The molecule has 1 aliphatic rings. The summed E-state index contributed by atoms with van der Waals surface area (Å²) in [5.41, 5.74) is 4.49. The molecule has 10 heteroatoms. The minimum Gasteiger partial charge on any atom is -0.273 e. The van der Waals surface area contributed by atoms with Gasteiger partial charge in [0.05, 0.1) is 4.90 Å². The minimum atomic E-state index is -3.67. The summed E-state index contributed by atoms with van der Waals surface area (Å²) >= 11 is 0. The number of carbonyl (C=O) groups is 2. The summed E-state index contributed by atoms with van der Waals surface area (Å²) in [5, 5.41) is 0. The van der Waals surface area contributed by atoms with Crippen molar-refractivity contribution in [3.63, 3.8) is 0 Å². The van der Waals surface area contributed by atoms with E-state index in [-0.39, 0.29) is 28.9 Å². The number of hydrogen-bond acceptors (Lipinski definition) is 4. The molecule has 1 fully saturated rings. The molecule has 0 spiro atoms. The number of hydrazine groups is 1. The Balaban J connectivity index is 1.57. The number of rotatable bonds is 6. The first-order chi connectivity index (χ1) is 14.3. The van der Waals surface area contributed by atoms with Gasteiger partial charge in [0.25, 0.3) is 5.91 Å². The van der Waals surface area contributed by atoms with E-state index in [1.165, 1.54) is 28.6 Å². The third kappa shape index (κ3) is 5.19. The minimum absolute atomic E-state index is 0.00459. The molecule has 0 saturated carbocycles. The average Bonchev–Trinajstić information content (AvgIpc) is 3.28. The number of benzene rings is 2. The first-order valence-electron chi connectivity index (χ1n) is 9.41. The van der Waals surface area contributed by atoms with Crippen molar-refractivity contribution >= 4 is 21.8 Å². The number of amides is 2. The fourth-order valence-electron chi connectivity index (χ4n) is 3.12. The lowest BCUT2D eigenvalue weighted by atomic mass is 10.1. The number of aryl methyl sites for hydroxylation is 1. The largest absolute Gasteiger partial charge is 0.273 e. The summed E-state index contributed by atoms with van der Waals surface area (Å²) in [5.74, 6) is -2.53. The van der Waals surface area contributed by atoms with Crippen molar-refractivity contribution in [1.29, 1.82) is 0 Å². The Morgan fingerprint density at radius 3 is 2.47 bits per heavy atom. The van der Waals surface area contributed by atoms with Crippen molar-refractivity contribution in [2.24, 2.45) is 0 Å². The first-order valence-corrected chi connectivity index (χ1v) is 10.8. The van der Waals surface area contributed by atoms with Gasteiger partial charge in [0, 0.05) is 25.1 Å². The molecule has 0 bridgehead atoms. The maximum atomic E-state index is 13.6. The number of nitrogens with zero attached hydrogens (tertiary/aromatic N) is 1. The van der Waals surface area contributed by atoms with Crippen molar-refractivity contribution in [3.05, 3.63) is 65.2 Å². The van der Waals surface area contributed by atoms with Gasteiger partial charge in [-0.05, 0) is 61.2 Å². The topological polar surface area (TPSA) is 95.6 Å². The van der Waals surface area contributed by atoms with Gasteiger partial charge in [0.15, 0.2) is 0 Å². The van der Waals surface area contributed by atoms with Gasteiger partial charge in [-0.2, -0.15) is 4.31 Å². The van der Waals surface area contributed by atoms with E-state index in [4.69, 9.17) is 0 Å². The summed E-state index contributed by atoms with van der Waals surface area (Å²) < 4.78 is 53.3. The molecule has 3 rings (SSSR count). The van der Waals surface area contributed by atoms with Crippen LogP contribution in [0.2, 0.25) is 0 Å². The van der Waals surface area contributed by atoms with Crippen LogP contribution in [0.5, 0.6) is 0 Å². The van der Waals surface area contributed by atoms with Crippen molar-refractivity contribution in [2.75, 3.05) is 13.1 Å². The lowest BCUT2D eigenvalue weighted by molar-refractivity contribution is -0.121. The predicted molar refractivity (Wildman–Crippen MR) is 105 cm³/mol. The third-order valence-corrected chi connectivity index (χ3v) is 6.64. The Hall–Kier alpha value is -2.85. The molecule has 0 aliphatic carbocycles.